The number of nitrogens with two attached hydrogens (primary N) is 1. The minimum atomic E-state index is 0.422. The molecule has 2 rings (SSSR count). The number of ether oxygens (including phenoxy) is 1. The molecule has 0 bridgehead atoms. The smallest absolute Gasteiger partial charge is 0.219 e. The molecule has 1 heterocycles. The van der Waals surface area contributed by atoms with E-state index in [2.05, 4.69) is 36.8 Å². The van der Waals surface area contributed by atoms with E-state index >= 15 is 0 Å². The lowest BCUT2D eigenvalue weighted by atomic mass is 10.2. The van der Waals surface area contributed by atoms with Gasteiger partial charge in [0.25, 0.3) is 0 Å². The molecule has 0 aliphatic carbocycles. The first-order valence-corrected chi connectivity index (χ1v) is 6.55. The minimum absolute atomic E-state index is 0.422. The van der Waals surface area contributed by atoms with E-state index in [1.54, 1.807) is 12.3 Å². The van der Waals surface area contributed by atoms with Crippen molar-refractivity contribution in [2.24, 2.45) is 5.73 Å². The Labute approximate surface area is 116 Å². The van der Waals surface area contributed by atoms with E-state index in [1.165, 1.54) is 0 Å². The molecule has 0 aliphatic heterocycles. The van der Waals surface area contributed by atoms with Gasteiger partial charge in [-0.15, -0.1) is 0 Å². The highest BCUT2D eigenvalue weighted by Crippen LogP contribution is 2.27. The predicted octanol–water partition coefficient (Wildman–Crippen LogP) is 3.86. The zero-order valence-electron chi connectivity index (χ0n) is 8.86. The van der Waals surface area contributed by atoms with Gasteiger partial charge >= 0.3 is 0 Å². The summed E-state index contributed by atoms with van der Waals surface area (Å²) in [6, 6.07) is 9.40. The highest BCUT2D eigenvalue weighted by molar-refractivity contribution is 9.10. The van der Waals surface area contributed by atoms with E-state index in [1.807, 2.05) is 24.3 Å². The molecule has 0 aliphatic rings. The zero-order valence-corrected chi connectivity index (χ0v) is 12.0. The van der Waals surface area contributed by atoms with Crippen LogP contribution >= 0.6 is 31.9 Å². The van der Waals surface area contributed by atoms with Crippen LogP contribution in [0.25, 0.3) is 0 Å². The fraction of sp³-hybridized carbons (Fsp3) is 0.0833. The molecule has 1 aromatic carbocycles. The molecule has 17 heavy (non-hydrogen) atoms. The number of hydrogen-bond acceptors (Lipinski definition) is 3. The number of halogens is 2. The van der Waals surface area contributed by atoms with E-state index < -0.39 is 0 Å². The zero-order chi connectivity index (χ0) is 12.3. The molecule has 0 unspecified atom stereocenters. The van der Waals surface area contributed by atoms with Gasteiger partial charge in [-0.1, -0.05) is 15.9 Å². The van der Waals surface area contributed by atoms with E-state index in [-0.39, 0.29) is 0 Å². The van der Waals surface area contributed by atoms with Gasteiger partial charge in [-0.05, 0) is 40.2 Å². The summed E-state index contributed by atoms with van der Waals surface area (Å²) in [5, 5.41) is 0. The van der Waals surface area contributed by atoms with Gasteiger partial charge in [-0.25, -0.2) is 4.98 Å². The average Bonchev–Trinajstić information content (AvgIpc) is 2.34. The molecule has 0 saturated carbocycles. The first kappa shape index (κ1) is 12.5. The summed E-state index contributed by atoms with van der Waals surface area (Å²) in [4.78, 5) is 4.15. The van der Waals surface area contributed by atoms with Crippen molar-refractivity contribution in [3.05, 3.63) is 51.0 Å². The number of rotatable bonds is 3. The number of benzene rings is 1. The standard InChI is InChI=1S/C12H10Br2N2O/c13-9-1-3-11(8(5-9)6-15)17-12-4-2-10(14)7-16-12/h1-5,7H,6,15H2. The van der Waals surface area contributed by atoms with Gasteiger partial charge in [0.15, 0.2) is 0 Å². The monoisotopic (exact) mass is 356 g/mol. The van der Waals surface area contributed by atoms with Crippen molar-refractivity contribution >= 4 is 31.9 Å². The largest absolute Gasteiger partial charge is 0.439 e. The topological polar surface area (TPSA) is 48.1 Å². The molecule has 0 saturated heterocycles. The molecule has 0 fully saturated rings. The van der Waals surface area contributed by atoms with Crippen LogP contribution in [0.2, 0.25) is 0 Å². The van der Waals surface area contributed by atoms with E-state index in [9.17, 15) is 0 Å². The second-order valence-corrected chi connectivity index (χ2v) is 5.20. The summed E-state index contributed by atoms with van der Waals surface area (Å²) < 4.78 is 7.57. The Kier molecular flexibility index (Phi) is 4.15. The van der Waals surface area contributed by atoms with Crippen LogP contribution in [0, 0.1) is 0 Å². The van der Waals surface area contributed by atoms with E-state index in [0.717, 1.165) is 20.3 Å². The molecule has 2 N–H and O–H groups in total. The van der Waals surface area contributed by atoms with Crippen LogP contribution < -0.4 is 10.5 Å². The van der Waals surface area contributed by atoms with Crippen LogP contribution in [0.15, 0.2) is 45.5 Å². The summed E-state index contributed by atoms with van der Waals surface area (Å²) >= 11 is 6.72. The molecule has 0 spiro atoms. The lowest BCUT2D eigenvalue weighted by Gasteiger charge is -2.09. The van der Waals surface area contributed by atoms with Crippen molar-refractivity contribution < 1.29 is 4.74 Å². The molecular weight excluding hydrogens is 348 g/mol. The van der Waals surface area contributed by atoms with Crippen LogP contribution in [0.1, 0.15) is 5.56 Å². The SMILES string of the molecule is NCc1cc(Br)ccc1Oc1ccc(Br)cn1. The number of aromatic nitrogens is 1. The molecular formula is C12H10Br2N2O. The first-order valence-electron chi connectivity index (χ1n) is 4.97. The van der Waals surface area contributed by atoms with Gasteiger partial charge in [0.2, 0.25) is 5.88 Å². The molecule has 3 nitrogen and oxygen atoms in total. The summed E-state index contributed by atoms with van der Waals surface area (Å²) in [5.41, 5.74) is 6.60. The Bertz CT molecular complexity index is 514. The fourth-order valence-electron chi connectivity index (χ4n) is 1.34. The average molecular weight is 358 g/mol. The Balaban J connectivity index is 2.26. The second-order valence-electron chi connectivity index (χ2n) is 3.37. The summed E-state index contributed by atoms with van der Waals surface area (Å²) in [7, 11) is 0. The lowest BCUT2D eigenvalue weighted by molar-refractivity contribution is 0.457. The van der Waals surface area contributed by atoms with Crippen LogP contribution in [0.4, 0.5) is 0 Å². The lowest BCUT2D eigenvalue weighted by Crippen LogP contribution is -2.00. The molecule has 88 valence electrons. The van der Waals surface area contributed by atoms with Crippen LogP contribution in [0.5, 0.6) is 11.6 Å². The number of pyridine rings is 1. The van der Waals surface area contributed by atoms with Crippen LogP contribution in [-0.2, 0) is 6.54 Å². The molecule has 0 radical (unpaired) electrons. The maximum atomic E-state index is 5.68. The molecule has 0 atom stereocenters. The Morgan fingerprint density at radius 3 is 2.53 bits per heavy atom. The molecule has 0 amide bonds. The van der Waals surface area contributed by atoms with E-state index in [0.29, 0.717) is 12.4 Å². The van der Waals surface area contributed by atoms with Gasteiger partial charge in [0, 0.05) is 33.3 Å². The third-order valence-electron chi connectivity index (χ3n) is 2.16. The van der Waals surface area contributed by atoms with Crippen LogP contribution in [-0.4, -0.2) is 4.98 Å². The van der Waals surface area contributed by atoms with Crippen molar-refractivity contribution in [1.29, 1.82) is 0 Å². The van der Waals surface area contributed by atoms with Gasteiger partial charge in [-0.3, -0.25) is 0 Å². The van der Waals surface area contributed by atoms with Crippen molar-refractivity contribution in [2.45, 2.75) is 6.54 Å². The third kappa shape index (κ3) is 3.28. The van der Waals surface area contributed by atoms with Gasteiger partial charge in [-0.2, -0.15) is 0 Å². The Morgan fingerprint density at radius 1 is 1.12 bits per heavy atom. The maximum absolute atomic E-state index is 5.68. The molecule has 2 aromatic rings. The summed E-state index contributed by atoms with van der Waals surface area (Å²) in [6.45, 7) is 0.422. The number of hydrogen-bond donors (Lipinski definition) is 1. The normalized spacial score (nSPS) is 10.3. The van der Waals surface area contributed by atoms with Crippen molar-refractivity contribution in [1.82, 2.24) is 4.98 Å². The van der Waals surface area contributed by atoms with Crippen molar-refractivity contribution in [3.63, 3.8) is 0 Å². The molecule has 5 heteroatoms. The minimum Gasteiger partial charge on any atom is -0.439 e. The molecule has 1 aromatic heterocycles. The van der Waals surface area contributed by atoms with E-state index in [4.69, 9.17) is 10.5 Å². The van der Waals surface area contributed by atoms with Gasteiger partial charge in [0.05, 0.1) is 0 Å². The Hall–Kier alpha value is -0.910. The second kappa shape index (κ2) is 5.62. The quantitative estimate of drug-likeness (QED) is 0.907. The summed E-state index contributed by atoms with van der Waals surface area (Å²) in [6.07, 6.45) is 1.69. The van der Waals surface area contributed by atoms with Crippen molar-refractivity contribution in [2.75, 3.05) is 0 Å². The fourth-order valence-corrected chi connectivity index (χ4v) is 1.99. The highest BCUT2D eigenvalue weighted by Gasteiger charge is 2.05. The van der Waals surface area contributed by atoms with Gasteiger partial charge in [0.1, 0.15) is 5.75 Å². The highest BCUT2D eigenvalue weighted by atomic mass is 79.9. The first-order chi connectivity index (χ1) is 8.19. The Morgan fingerprint density at radius 2 is 1.88 bits per heavy atom. The summed E-state index contributed by atoms with van der Waals surface area (Å²) in [5.74, 6) is 1.27. The number of nitrogens with zero attached hydrogens (tertiary/aromatic N) is 1. The van der Waals surface area contributed by atoms with Crippen molar-refractivity contribution in [3.8, 4) is 11.6 Å². The predicted molar refractivity (Wildman–Crippen MR) is 74.0 cm³/mol. The third-order valence-corrected chi connectivity index (χ3v) is 3.12. The van der Waals surface area contributed by atoms with Crippen LogP contribution in [0.3, 0.4) is 0 Å². The maximum Gasteiger partial charge on any atom is 0.219 e. The van der Waals surface area contributed by atoms with Gasteiger partial charge < -0.3 is 10.5 Å².